The summed E-state index contributed by atoms with van der Waals surface area (Å²) in [5.41, 5.74) is 2.33. The number of ether oxygens (including phenoxy) is 3. The van der Waals surface area contributed by atoms with E-state index in [1.54, 1.807) is 20.1 Å². The third kappa shape index (κ3) is 3.88. The Bertz CT molecular complexity index is 899. The van der Waals surface area contributed by atoms with Gasteiger partial charge in [0.2, 0.25) is 5.76 Å². The van der Waals surface area contributed by atoms with E-state index < -0.39 is 5.97 Å². The van der Waals surface area contributed by atoms with Gasteiger partial charge in [-0.05, 0) is 38.1 Å². The molecule has 0 N–H and O–H groups in total. The van der Waals surface area contributed by atoms with Gasteiger partial charge in [0.05, 0.1) is 25.7 Å². The number of methoxy groups -OCH3 is 1. The first-order valence-electron chi connectivity index (χ1n) is 8.09. The van der Waals surface area contributed by atoms with Crippen molar-refractivity contribution >= 4 is 17.3 Å². The molecule has 0 amide bonds. The Morgan fingerprint density at radius 2 is 2.12 bits per heavy atom. The van der Waals surface area contributed by atoms with Crippen LogP contribution in [0.4, 0.5) is 0 Å². The van der Waals surface area contributed by atoms with Crippen LogP contribution in [0.2, 0.25) is 0 Å². The Balaban J connectivity index is 1.70. The first-order chi connectivity index (χ1) is 12.6. The van der Waals surface area contributed by atoms with Crippen molar-refractivity contribution in [1.29, 1.82) is 0 Å². The molecule has 3 aromatic rings. The van der Waals surface area contributed by atoms with E-state index in [2.05, 4.69) is 4.98 Å². The average molecular weight is 373 g/mol. The molecule has 136 valence electrons. The predicted octanol–water partition coefficient (Wildman–Crippen LogP) is 4.48. The summed E-state index contributed by atoms with van der Waals surface area (Å²) in [4.78, 5) is 16.5. The van der Waals surface area contributed by atoms with Gasteiger partial charge in [0, 0.05) is 16.5 Å². The lowest BCUT2D eigenvalue weighted by Gasteiger charge is -2.09. The molecular weight excluding hydrogens is 354 g/mol. The van der Waals surface area contributed by atoms with Gasteiger partial charge in [-0.3, -0.25) is 0 Å². The molecular formula is C19H19NO5S. The monoisotopic (exact) mass is 373 g/mol. The summed E-state index contributed by atoms with van der Waals surface area (Å²) in [6, 6.07) is 7.38. The van der Waals surface area contributed by atoms with Crippen molar-refractivity contribution in [3.63, 3.8) is 0 Å². The Labute approximate surface area is 155 Å². The summed E-state index contributed by atoms with van der Waals surface area (Å²) >= 11 is 1.47. The van der Waals surface area contributed by atoms with Crippen LogP contribution in [0.5, 0.6) is 11.5 Å². The number of aryl methyl sites for hydroxylation is 1. The van der Waals surface area contributed by atoms with E-state index in [0.29, 0.717) is 23.8 Å². The van der Waals surface area contributed by atoms with Gasteiger partial charge in [-0.25, -0.2) is 9.78 Å². The lowest BCUT2D eigenvalue weighted by molar-refractivity contribution is 0.0431. The fourth-order valence-corrected chi connectivity index (χ4v) is 3.17. The lowest BCUT2D eigenvalue weighted by Crippen LogP contribution is -2.05. The van der Waals surface area contributed by atoms with Crippen LogP contribution in [0.1, 0.15) is 28.7 Å². The maximum atomic E-state index is 12.0. The second-order valence-electron chi connectivity index (χ2n) is 5.45. The van der Waals surface area contributed by atoms with Gasteiger partial charge < -0.3 is 18.6 Å². The Morgan fingerprint density at radius 3 is 2.81 bits per heavy atom. The third-order valence-electron chi connectivity index (χ3n) is 3.66. The SMILES string of the molecule is CCOc1ccc(-c2nc(COC(=O)c3occc3C)cs2)cc1OC. The number of hydrogen-bond acceptors (Lipinski definition) is 7. The van der Waals surface area contributed by atoms with Gasteiger partial charge in [0.15, 0.2) is 11.5 Å². The topological polar surface area (TPSA) is 70.8 Å². The van der Waals surface area contributed by atoms with Crippen LogP contribution in [-0.4, -0.2) is 24.7 Å². The minimum atomic E-state index is -0.496. The van der Waals surface area contributed by atoms with Crippen molar-refractivity contribution in [3.8, 4) is 22.1 Å². The van der Waals surface area contributed by atoms with Crippen molar-refractivity contribution in [2.24, 2.45) is 0 Å². The largest absolute Gasteiger partial charge is 0.493 e. The summed E-state index contributed by atoms with van der Waals surface area (Å²) < 4.78 is 21.3. The molecule has 3 rings (SSSR count). The molecule has 0 atom stereocenters. The maximum Gasteiger partial charge on any atom is 0.374 e. The van der Waals surface area contributed by atoms with E-state index in [-0.39, 0.29) is 12.4 Å². The average Bonchev–Trinajstić information content (AvgIpc) is 3.29. The van der Waals surface area contributed by atoms with Crippen molar-refractivity contribution in [2.45, 2.75) is 20.5 Å². The van der Waals surface area contributed by atoms with Gasteiger partial charge in [0.1, 0.15) is 11.6 Å². The summed E-state index contributed by atoms with van der Waals surface area (Å²) in [5, 5.41) is 2.67. The Morgan fingerprint density at radius 1 is 1.27 bits per heavy atom. The van der Waals surface area contributed by atoms with E-state index in [1.807, 2.05) is 30.5 Å². The number of nitrogens with zero attached hydrogens (tertiary/aromatic N) is 1. The maximum absolute atomic E-state index is 12.0. The second kappa shape index (κ2) is 8.05. The number of furan rings is 1. The standard InChI is InChI=1S/C19H19NO5S/c1-4-23-15-6-5-13(9-16(15)22-3)18-20-14(11-26-18)10-25-19(21)17-12(2)7-8-24-17/h5-9,11H,4,10H2,1-3H3. The highest BCUT2D eigenvalue weighted by Gasteiger charge is 2.15. The first kappa shape index (κ1) is 18.0. The zero-order valence-electron chi connectivity index (χ0n) is 14.8. The number of carbonyl (C=O) groups is 1. The molecule has 6 nitrogen and oxygen atoms in total. The fourth-order valence-electron chi connectivity index (χ4n) is 2.37. The number of carbonyl (C=O) groups excluding carboxylic acids is 1. The van der Waals surface area contributed by atoms with Crippen molar-refractivity contribution < 1.29 is 23.4 Å². The van der Waals surface area contributed by atoms with Crippen molar-refractivity contribution in [2.75, 3.05) is 13.7 Å². The summed E-state index contributed by atoms with van der Waals surface area (Å²) in [7, 11) is 1.60. The number of hydrogen-bond donors (Lipinski definition) is 0. The number of esters is 1. The van der Waals surface area contributed by atoms with Gasteiger partial charge in [-0.1, -0.05) is 0 Å². The molecule has 1 aromatic carbocycles. The number of rotatable bonds is 7. The molecule has 0 aliphatic heterocycles. The van der Waals surface area contributed by atoms with E-state index in [9.17, 15) is 4.79 Å². The molecule has 26 heavy (non-hydrogen) atoms. The normalized spacial score (nSPS) is 10.6. The number of thiazole rings is 1. The van der Waals surface area contributed by atoms with E-state index >= 15 is 0 Å². The summed E-state index contributed by atoms with van der Waals surface area (Å²) in [6.45, 7) is 4.37. The van der Waals surface area contributed by atoms with Crippen LogP contribution >= 0.6 is 11.3 Å². The lowest BCUT2D eigenvalue weighted by atomic mass is 10.2. The smallest absolute Gasteiger partial charge is 0.374 e. The molecule has 2 aromatic heterocycles. The predicted molar refractivity (Wildman–Crippen MR) is 97.8 cm³/mol. The number of aromatic nitrogens is 1. The molecule has 0 bridgehead atoms. The fraction of sp³-hybridized carbons (Fsp3) is 0.263. The molecule has 0 unspecified atom stereocenters. The van der Waals surface area contributed by atoms with Gasteiger partial charge >= 0.3 is 5.97 Å². The van der Waals surface area contributed by atoms with Gasteiger partial charge in [0.25, 0.3) is 0 Å². The van der Waals surface area contributed by atoms with Gasteiger partial charge in [-0.15, -0.1) is 11.3 Å². The first-order valence-corrected chi connectivity index (χ1v) is 8.97. The zero-order valence-corrected chi connectivity index (χ0v) is 15.6. The highest BCUT2D eigenvalue weighted by Crippen LogP contribution is 2.33. The molecule has 0 aliphatic carbocycles. The minimum Gasteiger partial charge on any atom is -0.493 e. The second-order valence-corrected chi connectivity index (χ2v) is 6.31. The van der Waals surface area contributed by atoms with E-state index in [1.165, 1.54) is 17.6 Å². The van der Waals surface area contributed by atoms with E-state index in [4.69, 9.17) is 18.6 Å². The zero-order chi connectivity index (χ0) is 18.5. The molecule has 0 radical (unpaired) electrons. The van der Waals surface area contributed by atoms with Crippen molar-refractivity contribution in [1.82, 2.24) is 4.98 Å². The van der Waals surface area contributed by atoms with Crippen LogP contribution in [0.25, 0.3) is 10.6 Å². The third-order valence-corrected chi connectivity index (χ3v) is 4.60. The van der Waals surface area contributed by atoms with Crippen LogP contribution < -0.4 is 9.47 Å². The summed E-state index contributed by atoms with van der Waals surface area (Å²) in [6.07, 6.45) is 1.46. The molecule has 0 spiro atoms. The highest BCUT2D eigenvalue weighted by atomic mass is 32.1. The molecule has 0 saturated heterocycles. The molecule has 0 fully saturated rings. The van der Waals surface area contributed by atoms with Crippen LogP contribution in [-0.2, 0) is 11.3 Å². The van der Waals surface area contributed by atoms with Crippen molar-refractivity contribution in [3.05, 3.63) is 52.9 Å². The van der Waals surface area contributed by atoms with Crippen LogP contribution in [0.3, 0.4) is 0 Å². The van der Waals surface area contributed by atoms with Gasteiger partial charge in [-0.2, -0.15) is 0 Å². The van der Waals surface area contributed by atoms with Crippen LogP contribution in [0.15, 0.2) is 40.3 Å². The number of benzene rings is 1. The summed E-state index contributed by atoms with van der Waals surface area (Å²) in [5.74, 6) is 1.07. The molecule has 2 heterocycles. The molecule has 7 heteroatoms. The van der Waals surface area contributed by atoms with E-state index in [0.717, 1.165) is 16.1 Å². The van der Waals surface area contributed by atoms with Crippen LogP contribution in [0, 0.1) is 6.92 Å². The molecule has 0 saturated carbocycles. The highest BCUT2D eigenvalue weighted by molar-refractivity contribution is 7.13. The quantitative estimate of drug-likeness (QED) is 0.569. The molecule has 0 aliphatic rings. The Hall–Kier alpha value is -2.80. The Kier molecular flexibility index (Phi) is 5.58. The minimum absolute atomic E-state index is 0.0869.